The highest BCUT2D eigenvalue weighted by molar-refractivity contribution is 7.89. The number of aromatic nitrogens is 1. The van der Waals surface area contributed by atoms with Crippen LogP contribution in [0.25, 0.3) is 10.9 Å². The van der Waals surface area contributed by atoms with Gasteiger partial charge < -0.3 is 4.98 Å². The number of rotatable bonds is 6. The number of carbonyl (C=O) groups is 2. The minimum Gasteiger partial charge on any atom is -0.358 e. The molecule has 0 spiro atoms. The van der Waals surface area contributed by atoms with Gasteiger partial charge in [0.1, 0.15) is 0 Å². The Morgan fingerprint density at radius 3 is 2.21 bits per heavy atom. The highest BCUT2D eigenvalue weighted by Crippen LogP contribution is 2.22. The van der Waals surface area contributed by atoms with E-state index in [0.29, 0.717) is 5.56 Å². The Morgan fingerprint density at radius 2 is 1.50 bits per heavy atom. The van der Waals surface area contributed by atoms with Crippen LogP contribution in [0.2, 0.25) is 0 Å². The van der Waals surface area contributed by atoms with Gasteiger partial charge in [-0.2, -0.15) is 0 Å². The van der Waals surface area contributed by atoms with Crippen LogP contribution in [0.15, 0.2) is 77.7 Å². The van der Waals surface area contributed by atoms with E-state index in [4.69, 9.17) is 0 Å². The fraction of sp³-hybridized carbons (Fsp3) is 0.120. The van der Waals surface area contributed by atoms with E-state index in [9.17, 15) is 18.0 Å². The molecule has 174 valence electrons. The Balaban J connectivity index is 1.42. The van der Waals surface area contributed by atoms with Crippen molar-refractivity contribution in [2.75, 3.05) is 0 Å². The summed E-state index contributed by atoms with van der Waals surface area (Å²) in [6.07, 6.45) is 0. The lowest BCUT2D eigenvalue weighted by Gasteiger charge is -2.10. The van der Waals surface area contributed by atoms with E-state index in [2.05, 4.69) is 20.6 Å². The number of amides is 2. The summed E-state index contributed by atoms with van der Waals surface area (Å²) in [4.78, 5) is 28.3. The number of H-pyrrole nitrogens is 1. The Labute approximate surface area is 197 Å². The molecule has 4 aromatic rings. The lowest BCUT2D eigenvalue weighted by molar-refractivity contribution is 0.0846. The number of benzene rings is 3. The van der Waals surface area contributed by atoms with Crippen molar-refractivity contribution in [3.8, 4) is 0 Å². The van der Waals surface area contributed by atoms with E-state index in [1.54, 1.807) is 12.1 Å². The molecule has 0 aliphatic carbocycles. The molecule has 0 saturated carbocycles. The molecule has 1 aromatic heterocycles. The maximum Gasteiger partial charge on any atom is 0.269 e. The molecule has 0 aliphatic rings. The average Bonchev–Trinajstić information content (AvgIpc) is 3.14. The second-order valence-corrected chi connectivity index (χ2v) is 9.65. The van der Waals surface area contributed by atoms with Crippen molar-refractivity contribution in [3.63, 3.8) is 0 Å². The molecular weight excluding hydrogens is 452 g/mol. The number of sulfonamides is 1. The van der Waals surface area contributed by atoms with Gasteiger partial charge in [-0.05, 0) is 61.4 Å². The summed E-state index contributed by atoms with van der Waals surface area (Å²) in [7, 11) is -3.83. The lowest BCUT2D eigenvalue weighted by Crippen LogP contribution is -2.41. The minimum absolute atomic E-state index is 0.0498. The van der Waals surface area contributed by atoms with E-state index in [1.165, 1.54) is 24.3 Å². The number of hydrogen-bond acceptors (Lipinski definition) is 4. The highest BCUT2D eigenvalue weighted by atomic mass is 32.2. The minimum atomic E-state index is -3.83. The first-order chi connectivity index (χ1) is 16.2. The van der Waals surface area contributed by atoms with Gasteiger partial charge in [0, 0.05) is 34.3 Å². The molecule has 9 heteroatoms. The molecule has 4 N–H and O–H groups in total. The largest absolute Gasteiger partial charge is 0.358 e. The van der Waals surface area contributed by atoms with Crippen molar-refractivity contribution in [2.45, 2.75) is 25.3 Å². The van der Waals surface area contributed by atoms with E-state index >= 15 is 0 Å². The van der Waals surface area contributed by atoms with E-state index < -0.39 is 21.8 Å². The molecule has 2 amide bonds. The van der Waals surface area contributed by atoms with E-state index in [-0.39, 0.29) is 17.0 Å². The summed E-state index contributed by atoms with van der Waals surface area (Å²) in [5, 5.41) is 0.928. The summed E-state index contributed by atoms with van der Waals surface area (Å²) in [6, 6.07) is 19.9. The van der Waals surface area contributed by atoms with Crippen LogP contribution in [-0.2, 0) is 16.6 Å². The maximum absolute atomic E-state index is 12.7. The van der Waals surface area contributed by atoms with Gasteiger partial charge >= 0.3 is 0 Å². The normalized spacial score (nSPS) is 11.4. The predicted molar refractivity (Wildman–Crippen MR) is 130 cm³/mol. The van der Waals surface area contributed by atoms with Crippen LogP contribution in [-0.4, -0.2) is 25.2 Å². The molecule has 0 aliphatic heterocycles. The van der Waals surface area contributed by atoms with Gasteiger partial charge in [-0.3, -0.25) is 20.4 Å². The SMILES string of the molecule is Cc1[nH]c2ccc(C(=O)NNC(=O)c3cccc(S(=O)(=O)NCc4ccccc4)c3)cc2c1C. The third-order valence-corrected chi connectivity index (χ3v) is 6.97. The molecule has 0 unspecified atom stereocenters. The zero-order chi connectivity index (χ0) is 24.3. The quantitative estimate of drug-likeness (QED) is 0.319. The van der Waals surface area contributed by atoms with Crippen LogP contribution in [0.3, 0.4) is 0 Å². The van der Waals surface area contributed by atoms with Crippen molar-refractivity contribution >= 4 is 32.7 Å². The molecule has 1 heterocycles. The number of aromatic amines is 1. The molecule has 0 saturated heterocycles. The standard InChI is InChI=1S/C25H24N4O4S/c1-16-17(2)27-23-12-11-20(14-22(16)23)25(31)29-28-24(30)19-9-6-10-21(13-19)34(32,33)26-15-18-7-4-3-5-8-18/h3-14,26-27H,15H2,1-2H3,(H,28,30)(H,29,31). The Bertz CT molecular complexity index is 1480. The van der Waals surface area contributed by atoms with E-state index in [1.807, 2.05) is 50.2 Å². The molecule has 4 rings (SSSR count). The molecule has 0 bridgehead atoms. The average molecular weight is 477 g/mol. The van der Waals surface area contributed by atoms with Crippen molar-refractivity contribution < 1.29 is 18.0 Å². The maximum atomic E-state index is 12.7. The fourth-order valence-corrected chi connectivity index (χ4v) is 4.59. The number of hydrazine groups is 1. The third-order valence-electron chi connectivity index (χ3n) is 5.58. The second kappa shape index (κ2) is 9.50. The summed E-state index contributed by atoms with van der Waals surface area (Å²) < 4.78 is 27.8. The smallest absolute Gasteiger partial charge is 0.269 e. The van der Waals surface area contributed by atoms with Crippen LogP contribution in [0.5, 0.6) is 0 Å². The van der Waals surface area contributed by atoms with Crippen molar-refractivity contribution in [1.29, 1.82) is 0 Å². The topological polar surface area (TPSA) is 120 Å². The van der Waals surface area contributed by atoms with Crippen molar-refractivity contribution in [2.24, 2.45) is 0 Å². The predicted octanol–water partition coefficient (Wildman–Crippen LogP) is 3.34. The van der Waals surface area contributed by atoms with Crippen LogP contribution in [0.4, 0.5) is 0 Å². The van der Waals surface area contributed by atoms with Gasteiger partial charge in [-0.25, -0.2) is 13.1 Å². The van der Waals surface area contributed by atoms with Crippen molar-refractivity contribution in [3.05, 3.63) is 101 Å². The van der Waals surface area contributed by atoms with Gasteiger partial charge in [0.25, 0.3) is 11.8 Å². The Kier molecular flexibility index (Phi) is 6.49. The summed E-state index contributed by atoms with van der Waals surface area (Å²) in [5.74, 6) is -1.12. The van der Waals surface area contributed by atoms with Crippen LogP contribution < -0.4 is 15.6 Å². The molecule has 34 heavy (non-hydrogen) atoms. The van der Waals surface area contributed by atoms with Crippen LogP contribution in [0, 0.1) is 13.8 Å². The molecule has 0 atom stereocenters. The molecule has 3 aromatic carbocycles. The van der Waals surface area contributed by atoms with Gasteiger partial charge in [-0.15, -0.1) is 0 Å². The second-order valence-electron chi connectivity index (χ2n) is 7.88. The Morgan fingerprint density at radius 1 is 0.824 bits per heavy atom. The number of carbonyl (C=O) groups excluding carboxylic acids is 2. The highest BCUT2D eigenvalue weighted by Gasteiger charge is 2.17. The number of hydrogen-bond donors (Lipinski definition) is 4. The zero-order valence-corrected chi connectivity index (χ0v) is 19.5. The van der Waals surface area contributed by atoms with Gasteiger partial charge in [0.05, 0.1) is 4.90 Å². The first-order valence-corrected chi connectivity index (χ1v) is 12.1. The summed E-state index contributed by atoms with van der Waals surface area (Å²) in [6.45, 7) is 4.05. The molecular formula is C25H24N4O4S. The molecule has 0 radical (unpaired) electrons. The lowest BCUT2D eigenvalue weighted by atomic mass is 10.1. The van der Waals surface area contributed by atoms with Gasteiger partial charge in [0.2, 0.25) is 10.0 Å². The first kappa shape index (κ1) is 23.2. The van der Waals surface area contributed by atoms with Gasteiger partial charge in [-0.1, -0.05) is 36.4 Å². The summed E-state index contributed by atoms with van der Waals surface area (Å²) in [5.41, 5.74) is 9.01. The molecule has 8 nitrogen and oxygen atoms in total. The Hall–Kier alpha value is -3.95. The van der Waals surface area contributed by atoms with E-state index in [0.717, 1.165) is 27.7 Å². The summed E-state index contributed by atoms with van der Waals surface area (Å²) >= 11 is 0. The fourth-order valence-electron chi connectivity index (χ4n) is 3.52. The number of fused-ring (bicyclic) bond motifs is 1. The van der Waals surface area contributed by atoms with Crippen molar-refractivity contribution in [1.82, 2.24) is 20.6 Å². The monoisotopic (exact) mass is 476 g/mol. The van der Waals surface area contributed by atoms with Crippen LogP contribution in [0.1, 0.15) is 37.5 Å². The van der Waals surface area contributed by atoms with Gasteiger partial charge in [0.15, 0.2) is 0 Å². The zero-order valence-electron chi connectivity index (χ0n) is 18.7. The third kappa shape index (κ3) is 5.00. The molecule has 0 fully saturated rings. The van der Waals surface area contributed by atoms with Crippen LogP contribution >= 0.6 is 0 Å². The number of aryl methyl sites for hydroxylation is 2. The number of nitrogens with one attached hydrogen (secondary N) is 4. The first-order valence-electron chi connectivity index (χ1n) is 10.6.